The molecule has 1 N–H and O–H groups in total. The van der Waals surface area contributed by atoms with E-state index in [1.807, 2.05) is 6.07 Å². The number of pyridine rings is 1. The quantitative estimate of drug-likeness (QED) is 0.710. The molecule has 1 fully saturated rings. The summed E-state index contributed by atoms with van der Waals surface area (Å²) in [6.45, 7) is 6.22. The van der Waals surface area contributed by atoms with Crippen LogP contribution in [-0.2, 0) is 0 Å². The number of hydrogen-bond donors (Lipinski definition) is 1. The molecule has 1 aromatic carbocycles. The van der Waals surface area contributed by atoms with Gasteiger partial charge in [-0.25, -0.2) is 0 Å². The fourth-order valence-electron chi connectivity index (χ4n) is 3.98. The minimum atomic E-state index is -0.520. The molecule has 0 radical (unpaired) electrons. The van der Waals surface area contributed by atoms with Crippen LogP contribution in [0.5, 0.6) is 11.6 Å². The van der Waals surface area contributed by atoms with Gasteiger partial charge in [-0.3, -0.25) is 14.2 Å². The van der Waals surface area contributed by atoms with Gasteiger partial charge in [-0.2, -0.15) is 5.26 Å². The maximum absolute atomic E-state index is 13.3. The van der Waals surface area contributed by atoms with Gasteiger partial charge in [0.25, 0.3) is 5.56 Å². The number of carbonyl (C=O) groups is 1. The van der Waals surface area contributed by atoms with Crippen molar-refractivity contribution in [3.63, 3.8) is 0 Å². The Labute approximate surface area is 176 Å². The highest BCUT2D eigenvalue weighted by atomic mass is 16.5. The number of aromatic hydroxyl groups is 1. The van der Waals surface area contributed by atoms with Crippen molar-refractivity contribution in [3.8, 4) is 17.7 Å². The van der Waals surface area contributed by atoms with Crippen molar-refractivity contribution in [2.45, 2.75) is 58.9 Å². The van der Waals surface area contributed by atoms with Gasteiger partial charge in [0, 0.05) is 11.6 Å². The molecule has 1 aliphatic rings. The number of nitrogens with zero attached hydrogens (tertiary/aromatic N) is 2. The first-order valence-corrected chi connectivity index (χ1v) is 10.5. The van der Waals surface area contributed by atoms with Gasteiger partial charge in [-0.15, -0.1) is 0 Å². The van der Waals surface area contributed by atoms with E-state index in [2.05, 4.69) is 13.8 Å². The Morgan fingerprint density at radius 1 is 1.23 bits per heavy atom. The summed E-state index contributed by atoms with van der Waals surface area (Å²) >= 11 is 0. The van der Waals surface area contributed by atoms with E-state index in [9.17, 15) is 20.0 Å². The van der Waals surface area contributed by atoms with Crippen LogP contribution in [0.3, 0.4) is 0 Å². The topological polar surface area (TPSA) is 92.3 Å². The number of nitriles is 1. The van der Waals surface area contributed by atoms with Crippen LogP contribution in [0, 0.1) is 24.2 Å². The molecule has 0 aliphatic heterocycles. The lowest BCUT2D eigenvalue weighted by Gasteiger charge is -2.26. The average Bonchev–Trinajstić information content (AvgIpc) is 2.73. The first kappa shape index (κ1) is 21.6. The molecule has 0 spiro atoms. The van der Waals surface area contributed by atoms with E-state index in [1.54, 1.807) is 24.3 Å². The van der Waals surface area contributed by atoms with Gasteiger partial charge in [-0.1, -0.05) is 33.1 Å². The summed E-state index contributed by atoms with van der Waals surface area (Å²) in [5.74, 6) is 0.289. The molecule has 0 saturated heterocycles. The van der Waals surface area contributed by atoms with Crippen LogP contribution in [0.25, 0.3) is 0 Å². The number of ether oxygens (including phenoxy) is 1. The van der Waals surface area contributed by atoms with E-state index in [0.29, 0.717) is 23.8 Å². The normalized spacial score (nSPS) is 14.5. The van der Waals surface area contributed by atoms with Gasteiger partial charge in [0.1, 0.15) is 17.4 Å². The highest BCUT2D eigenvalue weighted by Gasteiger charge is 2.28. The lowest BCUT2D eigenvalue weighted by molar-refractivity contribution is 0.103. The Morgan fingerprint density at radius 3 is 2.43 bits per heavy atom. The minimum absolute atomic E-state index is 0.0209. The Kier molecular flexibility index (Phi) is 6.61. The molecular formula is C24H28N2O4. The van der Waals surface area contributed by atoms with Crippen LogP contribution in [0.15, 0.2) is 29.1 Å². The molecule has 0 unspecified atom stereocenters. The smallest absolute Gasteiger partial charge is 0.271 e. The predicted octanol–water partition coefficient (Wildman–Crippen LogP) is 4.51. The molecule has 0 bridgehead atoms. The van der Waals surface area contributed by atoms with Crippen LogP contribution in [-0.4, -0.2) is 22.1 Å². The zero-order valence-corrected chi connectivity index (χ0v) is 17.8. The Morgan fingerprint density at radius 2 is 1.87 bits per heavy atom. The number of ketones is 1. The van der Waals surface area contributed by atoms with Crippen LogP contribution in [0.4, 0.5) is 0 Å². The van der Waals surface area contributed by atoms with Crippen LogP contribution in [0.2, 0.25) is 0 Å². The van der Waals surface area contributed by atoms with E-state index in [1.165, 1.54) is 11.5 Å². The lowest BCUT2D eigenvalue weighted by atomic mass is 9.93. The van der Waals surface area contributed by atoms with E-state index in [0.717, 1.165) is 32.1 Å². The fraction of sp³-hybridized carbons (Fsp3) is 0.458. The first-order valence-electron chi connectivity index (χ1n) is 10.5. The SMILES string of the molecule is Cc1c(C(=O)c2ccc(OCC(C)C)cc2)c(O)n(C2CCCCC2)c(=O)c1C#N. The molecule has 1 heterocycles. The standard InChI is InChI=1S/C24H28N2O4/c1-15(2)14-30-19-11-9-17(10-12-19)22(27)21-16(3)20(13-25)23(28)26(24(21)29)18-7-5-4-6-8-18/h9-12,15,18,29H,4-8,14H2,1-3H3. The zero-order chi connectivity index (χ0) is 21.8. The molecule has 2 aromatic rings. The van der Waals surface area contributed by atoms with E-state index >= 15 is 0 Å². The molecule has 158 valence electrons. The third-order valence-electron chi connectivity index (χ3n) is 5.61. The largest absolute Gasteiger partial charge is 0.494 e. The van der Waals surface area contributed by atoms with Gasteiger partial charge >= 0.3 is 0 Å². The molecule has 0 amide bonds. The van der Waals surface area contributed by atoms with E-state index in [-0.39, 0.29) is 28.6 Å². The van der Waals surface area contributed by atoms with Gasteiger partial charge in [0.2, 0.25) is 5.88 Å². The monoisotopic (exact) mass is 408 g/mol. The fourth-order valence-corrected chi connectivity index (χ4v) is 3.98. The summed E-state index contributed by atoms with van der Waals surface area (Å²) < 4.78 is 6.92. The summed E-state index contributed by atoms with van der Waals surface area (Å²) in [7, 11) is 0. The Balaban J connectivity index is 2.03. The van der Waals surface area contributed by atoms with Crippen LogP contribution >= 0.6 is 0 Å². The zero-order valence-electron chi connectivity index (χ0n) is 17.8. The maximum atomic E-state index is 13.3. The van der Waals surface area contributed by atoms with E-state index < -0.39 is 11.3 Å². The van der Waals surface area contributed by atoms with Crippen molar-refractivity contribution >= 4 is 5.78 Å². The van der Waals surface area contributed by atoms with Gasteiger partial charge in [0.05, 0.1) is 12.2 Å². The average molecular weight is 408 g/mol. The first-order chi connectivity index (χ1) is 14.3. The maximum Gasteiger partial charge on any atom is 0.271 e. The number of carbonyl (C=O) groups excluding carboxylic acids is 1. The Hall–Kier alpha value is -3.07. The summed E-state index contributed by atoms with van der Waals surface area (Å²) in [4.78, 5) is 26.1. The van der Waals surface area contributed by atoms with Crippen molar-refractivity contribution in [3.05, 3.63) is 56.9 Å². The third-order valence-corrected chi connectivity index (χ3v) is 5.61. The van der Waals surface area contributed by atoms with Crippen LogP contribution < -0.4 is 10.3 Å². The molecular weight excluding hydrogens is 380 g/mol. The molecule has 1 aliphatic carbocycles. The van der Waals surface area contributed by atoms with Crippen molar-refractivity contribution in [2.24, 2.45) is 5.92 Å². The van der Waals surface area contributed by atoms with Crippen molar-refractivity contribution < 1.29 is 14.6 Å². The van der Waals surface area contributed by atoms with Crippen molar-refractivity contribution in [1.29, 1.82) is 5.26 Å². The molecule has 6 nitrogen and oxygen atoms in total. The molecule has 0 atom stereocenters. The summed E-state index contributed by atoms with van der Waals surface area (Å²) in [5.41, 5.74) is -0.000195. The minimum Gasteiger partial charge on any atom is -0.494 e. The summed E-state index contributed by atoms with van der Waals surface area (Å²) in [6, 6.07) is 8.44. The van der Waals surface area contributed by atoms with Gasteiger partial charge < -0.3 is 9.84 Å². The van der Waals surface area contributed by atoms with Gasteiger partial charge in [-0.05, 0) is 55.5 Å². The second kappa shape index (κ2) is 9.17. The van der Waals surface area contributed by atoms with Crippen molar-refractivity contribution in [2.75, 3.05) is 6.61 Å². The Bertz CT molecular complexity index is 1020. The number of rotatable bonds is 6. The number of hydrogen-bond acceptors (Lipinski definition) is 5. The van der Waals surface area contributed by atoms with E-state index in [4.69, 9.17) is 4.74 Å². The van der Waals surface area contributed by atoms with Gasteiger partial charge in [0.15, 0.2) is 5.78 Å². The second-order valence-electron chi connectivity index (χ2n) is 8.34. The predicted molar refractivity (Wildman–Crippen MR) is 114 cm³/mol. The lowest BCUT2D eigenvalue weighted by Crippen LogP contribution is -2.31. The second-order valence-corrected chi connectivity index (χ2v) is 8.34. The molecule has 1 saturated carbocycles. The molecule has 1 aromatic heterocycles. The number of aromatic nitrogens is 1. The molecule has 3 rings (SSSR count). The molecule has 6 heteroatoms. The van der Waals surface area contributed by atoms with Crippen LogP contribution in [0.1, 0.15) is 79.0 Å². The third kappa shape index (κ3) is 4.25. The molecule has 30 heavy (non-hydrogen) atoms. The highest BCUT2D eigenvalue weighted by molar-refractivity contribution is 6.11. The highest BCUT2D eigenvalue weighted by Crippen LogP contribution is 2.33. The summed E-state index contributed by atoms with van der Waals surface area (Å²) in [6.07, 6.45) is 4.48. The number of benzene rings is 1. The van der Waals surface area contributed by atoms with Crippen molar-refractivity contribution in [1.82, 2.24) is 4.57 Å². The summed E-state index contributed by atoms with van der Waals surface area (Å²) in [5, 5.41) is 20.5.